The van der Waals surface area contributed by atoms with Crippen LogP contribution in [0.2, 0.25) is 0 Å². The molecule has 1 N–H and O–H groups in total. The van der Waals surface area contributed by atoms with Crippen LogP contribution in [-0.2, 0) is 16.1 Å². The maximum absolute atomic E-state index is 12.1. The second kappa shape index (κ2) is 6.43. The molecule has 1 unspecified atom stereocenters. The Morgan fingerprint density at radius 1 is 1.30 bits per heavy atom. The molecule has 8 heteroatoms. The third-order valence-corrected chi connectivity index (χ3v) is 4.95. The van der Waals surface area contributed by atoms with Crippen LogP contribution in [0.3, 0.4) is 0 Å². The van der Waals surface area contributed by atoms with Crippen LogP contribution in [0.1, 0.15) is 24.2 Å². The third kappa shape index (κ3) is 3.22. The number of amides is 1. The van der Waals surface area contributed by atoms with E-state index in [4.69, 9.17) is 5.11 Å². The molecule has 0 aliphatic heterocycles. The van der Waals surface area contributed by atoms with Gasteiger partial charge in [0.15, 0.2) is 0 Å². The standard InChI is InChI=1S/C15H13N3O3S2/c1-9(12-6-22-7-16-12)18(14(19)15(20)21)5-10-2-3-13-11(4-10)17-8-23-13/h2-4,6-9H,5H2,1H3,(H,20,21). The van der Waals surface area contributed by atoms with Gasteiger partial charge in [0.25, 0.3) is 0 Å². The molecule has 3 rings (SSSR count). The van der Waals surface area contributed by atoms with E-state index in [0.29, 0.717) is 5.69 Å². The average molecular weight is 347 g/mol. The van der Waals surface area contributed by atoms with Gasteiger partial charge in [-0.2, -0.15) is 0 Å². The zero-order valence-corrected chi connectivity index (χ0v) is 13.8. The number of hydrogen-bond acceptors (Lipinski definition) is 6. The summed E-state index contributed by atoms with van der Waals surface area (Å²) in [6.07, 6.45) is 0. The van der Waals surface area contributed by atoms with Crippen LogP contribution in [-0.4, -0.2) is 31.9 Å². The minimum Gasteiger partial charge on any atom is -0.474 e. The van der Waals surface area contributed by atoms with E-state index in [1.807, 2.05) is 23.6 Å². The van der Waals surface area contributed by atoms with Gasteiger partial charge in [-0.3, -0.25) is 4.79 Å². The van der Waals surface area contributed by atoms with Gasteiger partial charge in [0.2, 0.25) is 0 Å². The number of fused-ring (bicyclic) bond motifs is 1. The smallest absolute Gasteiger partial charge is 0.394 e. The van der Waals surface area contributed by atoms with Gasteiger partial charge < -0.3 is 10.0 Å². The molecule has 0 saturated heterocycles. The molecule has 0 saturated carbocycles. The minimum atomic E-state index is -1.47. The summed E-state index contributed by atoms with van der Waals surface area (Å²) in [5, 5.41) is 10.9. The van der Waals surface area contributed by atoms with Crippen LogP contribution in [0.15, 0.2) is 34.6 Å². The van der Waals surface area contributed by atoms with Gasteiger partial charge in [-0.25, -0.2) is 14.8 Å². The number of hydrogen-bond donors (Lipinski definition) is 1. The largest absolute Gasteiger partial charge is 0.474 e. The van der Waals surface area contributed by atoms with Gasteiger partial charge in [0, 0.05) is 11.9 Å². The number of rotatable bonds is 4. The molecule has 2 heterocycles. The molecular weight excluding hydrogens is 334 g/mol. The Bertz CT molecular complexity index is 845. The summed E-state index contributed by atoms with van der Waals surface area (Å²) in [6, 6.07) is 5.27. The SMILES string of the molecule is CC(c1cscn1)N(Cc1ccc2scnc2c1)C(=O)C(=O)O. The lowest BCUT2D eigenvalue weighted by Crippen LogP contribution is -2.38. The number of carbonyl (C=O) groups excluding carboxylic acids is 1. The fourth-order valence-electron chi connectivity index (χ4n) is 2.29. The molecule has 0 bridgehead atoms. The molecule has 6 nitrogen and oxygen atoms in total. The first-order valence-corrected chi connectivity index (χ1v) is 8.62. The Kier molecular flexibility index (Phi) is 4.35. The Labute approximate surface area is 140 Å². The summed E-state index contributed by atoms with van der Waals surface area (Å²) in [7, 11) is 0. The van der Waals surface area contributed by atoms with E-state index >= 15 is 0 Å². The number of aliphatic carboxylic acids is 1. The molecule has 118 valence electrons. The number of thiazole rings is 2. The van der Waals surface area contributed by atoms with Gasteiger partial charge in [-0.15, -0.1) is 22.7 Å². The molecule has 2 aromatic heterocycles. The molecule has 1 atom stereocenters. The molecule has 1 aromatic carbocycles. The number of benzene rings is 1. The second-order valence-electron chi connectivity index (χ2n) is 4.98. The van der Waals surface area contributed by atoms with Crippen LogP contribution in [0.5, 0.6) is 0 Å². The summed E-state index contributed by atoms with van der Waals surface area (Å²) >= 11 is 2.95. The van der Waals surface area contributed by atoms with Crippen molar-refractivity contribution in [2.45, 2.75) is 19.5 Å². The third-order valence-electron chi connectivity index (χ3n) is 3.54. The lowest BCUT2D eigenvalue weighted by molar-refractivity contribution is -0.157. The Morgan fingerprint density at radius 2 is 2.13 bits per heavy atom. The predicted molar refractivity (Wildman–Crippen MR) is 88.3 cm³/mol. The number of carbonyl (C=O) groups is 2. The van der Waals surface area contributed by atoms with Gasteiger partial charge in [-0.1, -0.05) is 6.07 Å². The van der Waals surface area contributed by atoms with Crippen LogP contribution in [0, 0.1) is 0 Å². The van der Waals surface area contributed by atoms with Gasteiger partial charge in [0.05, 0.1) is 33.0 Å². The highest BCUT2D eigenvalue weighted by atomic mass is 32.1. The predicted octanol–water partition coefficient (Wildman–Crippen LogP) is 2.93. The summed E-state index contributed by atoms with van der Waals surface area (Å²) in [4.78, 5) is 33.0. The van der Waals surface area contributed by atoms with Crippen molar-refractivity contribution in [1.82, 2.24) is 14.9 Å². The molecule has 23 heavy (non-hydrogen) atoms. The Balaban J connectivity index is 1.91. The minimum absolute atomic E-state index is 0.192. The second-order valence-corrected chi connectivity index (χ2v) is 6.59. The van der Waals surface area contributed by atoms with E-state index in [-0.39, 0.29) is 6.54 Å². The van der Waals surface area contributed by atoms with Crippen molar-refractivity contribution < 1.29 is 14.7 Å². The molecule has 1 amide bonds. The highest BCUT2D eigenvalue weighted by Crippen LogP contribution is 2.25. The number of aromatic nitrogens is 2. The molecule has 0 aliphatic carbocycles. The maximum Gasteiger partial charge on any atom is 0.394 e. The Morgan fingerprint density at radius 3 is 2.83 bits per heavy atom. The van der Waals surface area contributed by atoms with Crippen LogP contribution in [0.25, 0.3) is 10.2 Å². The molecular formula is C15H13N3O3S2. The van der Waals surface area contributed by atoms with E-state index in [1.54, 1.807) is 17.9 Å². The summed E-state index contributed by atoms with van der Waals surface area (Å²) in [6.45, 7) is 1.97. The number of nitrogens with zero attached hydrogens (tertiary/aromatic N) is 3. The molecule has 3 aromatic rings. The van der Waals surface area contributed by atoms with E-state index in [2.05, 4.69) is 9.97 Å². The van der Waals surface area contributed by atoms with Crippen LogP contribution < -0.4 is 0 Å². The zero-order chi connectivity index (χ0) is 16.4. The average Bonchev–Trinajstić information content (AvgIpc) is 3.21. The maximum atomic E-state index is 12.1. The fraction of sp³-hybridized carbons (Fsp3) is 0.200. The first-order valence-electron chi connectivity index (χ1n) is 6.80. The monoisotopic (exact) mass is 347 g/mol. The molecule has 0 radical (unpaired) electrons. The van der Waals surface area contributed by atoms with Crippen molar-refractivity contribution in [3.05, 3.63) is 45.9 Å². The van der Waals surface area contributed by atoms with Crippen molar-refractivity contribution >= 4 is 44.8 Å². The van der Waals surface area contributed by atoms with E-state index < -0.39 is 17.9 Å². The summed E-state index contributed by atoms with van der Waals surface area (Å²) in [5.41, 5.74) is 5.78. The molecule has 0 spiro atoms. The zero-order valence-electron chi connectivity index (χ0n) is 12.2. The van der Waals surface area contributed by atoms with Crippen molar-refractivity contribution in [2.24, 2.45) is 0 Å². The lowest BCUT2D eigenvalue weighted by atomic mass is 10.1. The first-order chi connectivity index (χ1) is 11.1. The highest BCUT2D eigenvalue weighted by Gasteiger charge is 2.28. The quantitative estimate of drug-likeness (QED) is 0.734. The van der Waals surface area contributed by atoms with Crippen LogP contribution >= 0.6 is 22.7 Å². The topological polar surface area (TPSA) is 83.4 Å². The van der Waals surface area contributed by atoms with Gasteiger partial charge in [0.1, 0.15) is 0 Å². The Hall–Kier alpha value is -2.32. The summed E-state index contributed by atoms with van der Waals surface area (Å²) in [5.74, 6) is -2.41. The van der Waals surface area contributed by atoms with E-state index in [0.717, 1.165) is 15.8 Å². The van der Waals surface area contributed by atoms with Crippen molar-refractivity contribution in [3.8, 4) is 0 Å². The van der Waals surface area contributed by atoms with Crippen LogP contribution in [0.4, 0.5) is 0 Å². The van der Waals surface area contributed by atoms with Crippen molar-refractivity contribution in [1.29, 1.82) is 0 Å². The highest BCUT2D eigenvalue weighted by molar-refractivity contribution is 7.16. The normalized spacial score (nSPS) is 12.2. The summed E-state index contributed by atoms with van der Waals surface area (Å²) < 4.78 is 1.05. The fourth-order valence-corrected chi connectivity index (χ4v) is 3.59. The van der Waals surface area contributed by atoms with Crippen molar-refractivity contribution in [2.75, 3.05) is 0 Å². The lowest BCUT2D eigenvalue weighted by Gasteiger charge is -2.26. The molecule has 0 aliphatic rings. The molecule has 0 fully saturated rings. The van der Waals surface area contributed by atoms with Gasteiger partial charge in [-0.05, 0) is 24.6 Å². The van der Waals surface area contributed by atoms with Crippen molar-refractivity contribution in [3.63, 3.8) is 0 Å². The van der Waals surface area contributed by atoms with Gasteiger partial charge >= 0.3 is 11.9 Å². The number of carboxylic acid groups (broad SMARTS) is 1. The van der Waals surface area contributed by atoms with E-state index in [1.165, 1.54) is 27.6 Å². The van der Waals surface area contributed by atoms with E-state index in [9.17, 15) is 9.59 Å². The first kappa shape index (κ1) is 15.6. The number of carboxylic acids is 1.